The van der Waals surface area contributed by atoms with Crippen molar-refractivity contribution in [3.63, 3.8) is 0 Å². The van der Waals surface area contributed by atoms with Gasteiger partial charge in [0.1, 0.15) is 12.0 Å². The molecule has 5 N–H and O–H groups in total. The van der Waals surface area contributed by atoms with Gasteiger partial charge in [-0.1, -0.05) is 25.7 Å². The van der Waals surface area contributed by atoms with Crippen molar-refractivity contribution in [1.82, 2.24) is 9.97 Å². The first-order chi connectivity index (χ1) is 7.77. The number of aromatic nitrogens is 2. The third kappa shape index (κ3) is 2.53. The van der Waals surface area contributed by atoms with Gasteiger partial charge in [-0.05, 0) is 12.8 Å². The van der Waals surface area contributed by atoms with Crippen molar-refractivity contribution in [1.29, 1.82) is 0 Å². The van der Waals surface area contributed by atoms with Crippen LogP contribution in [0, 0.1) is 0 Å². The van der Waals surface area contributed by atoms with E-state index in [1.807, 2.05) is 0 Å². The Hall–Kier alpha value is -1.52. The molecule has 0 amide bonds. The number of nitrogen functional groups attached to an aromatic ring is 2. The lowest BCUT2D eigenvalue weighted by Gasteiger charge is -2.18. The molecule has 1 heterocycles. The quantitative estimate of drug-likeness (QED) is 0.662. The Morgan fingerprint density at radius 2 is 1.75 bits per heavy atom. The summed E-state index contributed by atoms with van der Waals surface area (Å²) in [4.78, 5) is 7.99. The number of nitrogens with zero attached hydrogens (tertiary/aromatic N) is 2. The number of hydrogen-bond acceptors (Lipinski definition) is 5. The van der Waals surface area contributed by atoms with Crippen LogP contribution in [0.25, 0.3) is 0 Å². The van der Waals surface area contributed by atoms with Crippen molar-refractivity contribution >= 4 is 17.3 Å². The monoisotopic (exact) mass is 221 g/mol. The highest BCUT2D eigenvalue weighted by atomic mass is 15.1. The summed E-state index contributed by atoms with van der Waals surface area (Å²) in [7, 11) is 0. The first-order valence-electron chi connectivity index (χ1n) is 5.90. The van der Waals surface area contributed by atoms with E-state index in [-0.39, 0.29) is 0 Å². The minimum atomic E-state index is 0.353. The molecular formula is C11H19N5. The summed E-state index contributed by atoms with van der Waals surface area (Å²) in [5.41, 5.74) is 11.9. The molecule has 2 rings (SSSR count). The fourth-order valence-corrected chi connectivity index (χ4v) is 2.14. The predicted molar refractivity (Wildman–Crippen MR) is 66.0 cm³/mol. The van der Waals surface area contributed by atoms with Crippen molar-refractivity contribution in [2.24, 2.45) is 0 Å². The van der Waals surface area contributed by atoms with Gasteiger partial charge in [-0.25, -0.2) is 9.97 Å². The first kappa shape index (κ1) is 11.0. The average molecular weight is 221 g/mol. The Morgan fingerprint density at radius 3 is 2.44 bits per heavy atom. The maximum absolute atomic E-state index is 5.83. The Kier molecular flexibility index (Phi) is 3.44. The zero-order valence-corrected chi connectivity index (χ0v) is 9.45. The fourth-order valence-electron chi connectivity index (χ4n) is 2.14. The van der Waals surface area contributed by atoms with Crippen LogP contribution < -0.4 is 16.8 Å². The van der Waals surface area contributed by atoms with Gasteiger partial charge in [-0.3, -0.25) is 0 Å². The fraction of sp³-hybridized carbons (Fsp3) is 0.636. The smallest absolute Gasteiger partial charge is 0.155 e. The lowest BCUT2D eigenvalue weighted by atomic mass is 10.1. The zero-order valence-electron chi connectivity index (χ0n) is 9.45. The second-order valence-corrected chi connectivity index (χ2v) is 4.35. The predicted octanol–water partition coefficient (Wildman–Crippen LogP) is 1.78. The van der Waals surface area contributed by atoms with E-state index < -0.39 is 0 Å². The molecule has 0 unspecified atom stereocenters. The Bertz CT molecular complexity index is 344. The highest BCUT2D eigenvalue weighted by molar-refractivity contribution is 5.72. The van der Waals surface area contributed by atoms with E-state index in [2.05, 4.69) is 15.3 Å². The summed E-state index contributed by atoms with van der Waals surface area (Å²) in [6, 6.07) is 0.471. The number of rotatable bonds is 2. The van der Waals surface area contributed by atoms with Gasteiger partial charge in [0.15, 0.2) is 11.6 Å². The molecule has 1 saturated carbocycles. The molecule has 0 spiro atoms. The van der Waals surface area contributed by atoms with Gasteiger partial charge in [0.25, 0.3) is 0 Å². The van der Waals surface area contributed by atoms with E-state index in [1.54, 1.807) is 0 Å². The van der Waals surface area contributed by atoms with Gasteiger partial charge < -0.3 is 16.8 Å². The second-order valence-electron chi connectivity index (χ2n) is 4.35. The number of nitrogens with one attached hydrogen (secondary N) is 1. The molecule has 0 bridgehead atoms. The van der Waals surface area contributed by atoms with E-state index in [9.17, 15) is 0 Å². The van der Waals surface area contributed by atoms with Crippen molar-refractivity contribution in [2.45, 2.75) is 44.6 Å². The minimum absolute atomic E-state index is 0.353. The molecule has 0 atom stereocenters. The van der Waals surface area contributed by atoms with E-state index in [1.165, 1.54) is 44.9 Å². The average Bonchev–Trinajstić information content (AvgIpc) is 2.53. The van der Waals surface area contributed by atoms with E-state index in [0.717, 1.165) is 0 Å². The van der Waals surface area contributed by atoms with E-state index >= 15 is 0 Å². The Morgan fingerprint density at radius 1 is 1.06 bits per heavy atom. The van der Waals surface area contributed by atoms with Crippen molar-refractivity contribution in [3.05, 3.63) is 6.33 Å². The number of nitrogens with two attached hydrogens (primary N) is 2. The SMILES string of the molecule is Nc1ncnc(NC2CCCCCC2)c1N. The summed E-state index contributed by atoms with van der Waals surface area (Å²) in [6.07, 6.45) is 9.03. The molecule has 0 aliphatic heterocycles. The van der Waals surface area contributed by atoms with E-state index in [0.29, 0.717) is 23.4 Å². The van der Waals surface area contributed by atoms with Crippen LogP contribution in [-0.2, 0) is 0 Å². The highest BCUT2D eigenvalue weighted by Crippen LogP contribution is 2.24. The summed E-state index contributed by atoms with van der Waals surface area (Å²) >= 11 is 0. The molecule has 1 aromatic rings. The van der Waals surface area contributed by atoms with Crippen molar-refractivity contribution in [2.75, 3.05) is 16.8 Å². The lowest BCUT2D eigenvalue weighted by Crippen LogP contribution is -2.20. The molecule has 0 radical (unpaired) electrons. The molecule has 5 heteroatoms. The molecule has 0 aromatic carbocycles. The highest BCUT2D eigenvalue weighted by Gasteiger charge is 2.14. The number of hydrogen-bond donors (Lipinski definition) is 3. The molecule has 1 aromatic heterocycles. The molecule has 0 saturated heterocycles. The molecule has 16 heavy (non-hydrogen) atoms. The van der Waals surface area contributed by atoms with Crippen LogP contribution in [0.5, 0.6) is 0 Å². The van der Waals surface area contributed by atoms with E-state index in [4.69, 9.17) is 11.5 Å². The Balaban J connectivity index is 2.04. The maximum atomic E-state index is 5.83. The largest absolute Gasteiger partial charge is 0.393 e. The third-order valence-corrected chi connectivity index (χ3v) is 3.11. The summed E-state index contributed by atoms with van der Waals surface area (Å²) in [5.74, 6) is 1.03. The van der Waals surface area contributed by atoms with Crippen LogP contribution in [0.2, 0.25) is 0 Å². The normalized spacial score (nSPS) is 18.0. The molecular weight excluding hydrogens is 202 g/mol. The van der Waals surface area contributed by atoms with Gasteiger partial charge in [0.2, 0.25) is 0 Å². The minimum Gasteiger partial charge on any atom is -0.393 e. The van der Waals surface area contributed by atoms with Crippen molar-refractivity contribution < 1.29 is 0 Å². The molecule has 88 valence electrons. The van der Waals surface area contributed by atoms with Gasteiger partial charge in [0, 0.05) is 6.04 Å². The first-order valence-corrected chi connectivity index (χ1v) is 5.90. The van der Waals surface area contributed by atoms with Crippen LogP contribution in [0.1, 0.15) is 38.5 Å². The summed E-state index contributed by atoms with van der Waals surface area (Å²) < 4.78 is 0. The van der Waals surface area contributed by atoms with Crippen LogP contribution in [-0.4, -0.2) is 16.0 Å². The second kappa shape index (κ2) is 5.01. The zero-order chi connectivity index (χ0) is 11.4. The lowest BCUT2D eigenvalue weighted by molar-refractivity contribution is 0.618. The van der Waals surface area contributed by atoms with Gasteiger partial charge >= 0.3 is 0 Å². The van der Waals surface area contributed by atoms with Gasteiger partial charge in [-0.2, -0.15) is 0 Å². The third-order valence-electron chi connectivity index (χ3n) is 3.11. The summed E-state index contributed by atoms with van der Waals surface area (Å²) in [5, 5.41) is 3.37. The Labute approximate surface area is 95.6 Å². The summed E-state index contributed by atoms with van der Waals surface area (Å²) in [6.45, 7) is 0. The topological polar surface area (TPSA) is 89.8 Å². The molecule has 5 nitrogen and oxygen atoms in total. The van der Waals surface area contributed by atoms with Crippen LogP contribution >= 0.6 is 0 Å². The van der Waals surface area contributed by atoms with Gasteiger partial charge in [-0.15, -0.1) is 0 Å². The maximum Gasteiger partial charge on any atom is 0.155 e. The standard InChI is InChI=1S/C11H19N5/c12-9-10(13)14-7-15-11(9)16-8-5-3-1-2-4-6-8/h7-8H,1-6,12H2,(H3,13,14,15,16). The molecule has 1 aliphatic rings. The van der Waals surface area contributed by atoms with Crippen LogP contribution in [0.4, 0.5) is 17.3 Å². The van der Waals surface area contributed by atoms with Crippen LogP contribution in [0.15, 0.2) is 6.33 Å². The van der Waals surface area contributed by atoms with Crippen LogP contribution in [0.3, 0.4) is 0 Å². The van der Waals surface area contributed by atoms with Crippen molar-refractivity contribution in [3.8, 4) is 0 Å². The molecule has 1 aliphatic carbocycles. The number of anilines is 3. The molecule has 1 fully saturated rings. The van der Waals surface area contributed by atoms with Gasteiger partial charge in [0.05, 0.1) is 0 Å².